The number of hydrogen-bond acceptors (Lipinski definition) is 3. The van der Waals surface area contributed by atoms with E-state index in [0.717, 1.165) is 6.42 Å². The maximum Gasteiger partial charge on any atom is 0.320 e. The predicted octanol–water partition coefficient (Wildman–Crippen LogP) is -0.0291. The Balaban J connectivity index is 4.44. The van der Waals surface area contributed by atoms with E-state index in [0.29, 0.717) is 6.54 Å². The van der Waals surface area contributed by atoms with Gasteiger partial charge in [0.25, 0.3) is 0 Å². The van der Waals surface area contributed by atoms with E-state index in [-0.39, 0.29) is 31.4 Å². The zero-order valence-electron chi connectivity index (χ0n) is 11.1. The zero-order valence-corrected chi connectivity index (χ0v) is 11.1. The molecule has 0 aliphatic carbocycles. The lowest BCUT2D eigenvalue weighted by Gasteiger charge is -2.27. The molecule has 0 spiro atoms. The van der Waals surface area contributed by atoms with Crippen molar-refractivity contribution in [3.63, 3.8) is 0 Å². The molecule has 0 saturated heterocycles. The quantitative estimate of drug-likeness (QED) is 0.672. The second kappa shape index (κ2) is 8.32. The summed E-state index contributed by atoms with van der Waals surface area (Å²) in [5, 5.41) is 11.0. The van der Waals surface area contributed by atoms with Gasteiger partial charge in [0.05, 0.1) is 6.42 Å². The van der Waals surface area contributed by atoms with E-state index >= 15 is 0 Å². The smallest absolute Gasteiger partial charge is 0.320 e. The van der Waals surface area contributed by atoms with Crippen LogP contribution in [0.15, 0.2) is 0 Å². The number of likely N-dealkylation sites (N-methyl/N-ethyl adjacent to an activating group) is 1. The maximum absolute atomic E-state index is 12.0. The lowest BCUT2D eigenvalue weighted by atomic mass is 10.3. The van der Waals surface area contributed by atoms with Crippen molar-refractivity contribution >= 4 is 17.9 Å². The molecule has 0 rings (SSSR count). The van der Waals surface area contributed by atoms with Gasteiger partial charge in [-0.05, 0) is 6.42 Å². The van der Waals surface area contributed by atoms with Gasteiger partial charge in [0.15, 0.2) is 0 Å². The van der Waals surface area contributed by atoms with E-state index in [1.807, 2.05) is 6.92 Å². The number of amides is 3. The Labute approximate surface area is 107 Å². The fourth-order valence-electron chi connectivity index (χ4n) is 1.37. The third kappa shape index (κ3) is 6.07. The van der Waals surface area contributed by atoms with E-state index in [4.69, 9.17) is 5.11 Å². The minimum atomic E-state index is -0.956. The molecule has 0 fully saturated rings. The van der Waals surface area contributed by atoms with E-state index in [9.17, 15) is 14.4 Å². The van der Waals surface area contributed by atoms with E-state index < -0.39 is 5.97 Å². The molecule has 0 atom stereocenters. The Kier molecular flexibility index (Phi) is 7.50. The molecule has 18 heavy (non-hydrogen) atoms. The average Bonchev–Trinajstić information content (AvgIpc) is 2.34. The number of carboxylic acids is 1. The highest BCUT2D eigenvalue weighted by atomic mass is 16.4. The number of hydrogen-bond donors (Lipinski definition) is 2. The van der Waals surface area contributed by atoms with E-state index in [1.165, 1.54) is 23.9 Å². The molecule has 0 heterocycles. The first kappa shape index (κ1) is 16.2. The molecule has 7 heteroatoms. The summed E-state index contributed by atoms with van der Waals surface area (Å²) >= 11 is 0. The molecule has 0 aliphatic rings. The molecule has 0 aromatic rings. The molecule has 7 nitrogen and oxygen atoms in total. The molecule has 0 aromatic carbocycles. The number of rotatable bonds is 7. The van der Waals surface area contributed by atoms with Crippen LogP contribution in [0.2, 0.25) is 0 Å². The third-order valence-electron chi connectivity index (χ3n) is 2.36. The van der Waals surface area contributed by atoms with Gasteiger partial charge in [-0.15, -0.1) is 0 Å². The standard InChI is InChI=1S/C11H21N3O4/c1-4-6-14(8-9(15)12-2)11(18)13(3)7-5-10(16)17/h4-8H2,1-3H3,(H,12,15)(H,16,17). The second-order valence-corrected chi connectivity index (χ2v) is 3.94. The summed E-state index contributed by atoms with van der Waals surface area (Å²) in [7, 11) is 3.03. The summed E-state index contributed by atoms with van der Waals surface area (Å²) in [5.41, 5.74) is 0. The fourth-order valence-corrected chi connectivity index (χ4v) is 1.37. The summed E-state index contributed by atoms with van der Waals surface area (Å²) in [6.07, 6.45) is 0.623. The first-order valence-corrected chi connectivity index (χ1v) is 5.84. The Bertz CT molecular complexity index is 307. The number of carboxylic acid groups (broad SMARTS) is 1. The molecule has 2 N–H and O–H groups in total. The summed E-state index contributed by atoms with van der Waals surface area (Å²) < 4.78 is 0. The minimum absolute atomic E-state index is 0.0133. The highest BCUT2D eigenvalue weighted by molar-refractivity contribution is 5.84. The normalized spacial score (nSPS) is 9.72. The van der Waals surface area contributed by atoms with Gasteiger partial charge in [0, 0.05) is 27.2 Å². The topological polar surface area (TPSA) is 90.0 Å². The van der Waals surface area contributed by atoms with Crippen LogP contribution in [0.25, 0.3) is 0 Å². The van der Waals surface area contributed by atoms with Crippen molar-refractivity contribution in [3.8, 4) is 0 Å². The van der Waals surface area contributed by atoms with Gasteiger partial charge in [-0.2, -0.15) is 0 Å². The monoisotopic (exact) mass is 259 g/mol. The summed E-state index contributed by atoms with van der Waals surface area (Å²) in [6.45, 7) is 2.48. The van der Waals surface area contributed by atoms with Crippen LogP contribution in [0.4, 0.5) is 4.79 Å². The van der Waals surface area contributed by atoms with Crippen LogP contribution >= 0.6 is 0 Å². The molecule has 3 amide bonds. The third-order valence-corrected chi connectivity index (χ3v) is 2.36. The van der Waals surface area contributed by atoms with Crippen LogP contribution in [0, 0.1) is 0 Å². The molecule has 0 saturated carbocycles. The van der Waals surface area contributed by atoms with Crippen LogP contribution < -0.4 is 5.32 Å². The van der Waals surface area contributed by atoms with Crippen molar-refractivity contribution in [1.29, 1.82) is 0 Å². The molecule has 0 bridgehead atoms. The van der Waals surface area contributed by atoms with Crippen LogP contribution in [-0.4, -0.2) is 66.5 Å². The number of nitrogens with zero attached hydrogens (tertiary/aromatic N) is 2. The average molecular weight is 259 g/mol. The lowest BCUT2D eigenvalue weighted by Crippen LogP contribution is -2.46. The van der Waals surface area contributed by atoms with Gasteiger partial charge in [0.2, 0.25) is 5.91 Å². The van der Waals surface area contributed by atoms with Crippen molar-refractivity contribution in [3.05, 3.63) is 0 Å². The fraction of sp³-hybridized carbons (Fsp3) is 0.727. The van der Waals surface area contributed by atoms with Crippen molar-refractivity contribution in [2.45, 2.75) is 19.8 Å². The Morgan fingerprint density at radius 3 is 2.28 bits per heavy atom. The number of carbonyl (C=O) groups is 3. The molecule has 0 unspecified atom stereocenters. The largest absolute Gasteiger partial charge is 0.481 e. The number of aliphatic carboxylic acids is 1. The van der Waals surface area contributed by atoms with Crippen LogP contribution in [0.3, 0.4) is 0 Å². The minimum Gasteiger partial charge on any atom is -0.481 e. The molecule has 0 aromatic heterocycles. The summed E-state index contributed by atoms with van der Waals surface area (Å²) in [6, 6.07) is -0.332. The number of carbonyl (C=O) groups excluding carboxylic acids is 2. The van der Waals surface area contributed by atoms with Crippen LogP contribution in [-0.2, 0) is 9.59 Å². The van der Waals surface area contributed by atoms with Gasteiger partial charge >= 0.3 is 12.0 Å². The van der Waals surface area contributed by atoms with E-state index in [1.54, 1.807) is 0 Å². The van der Waals surface area contributed by atoms with E-state index in [2.05, 4.69) is 5.32 Å². The Morgan fingerprint density at radius 1 is 1.22 bits per heavy atom. The second-order valence-electron chi connectivity index (χ2n) is 3.94. The van der Waals surface area contributed by atoms with Crippen LogP contribution in [0.5, 0.6) is 0 Å². The molecular weight excluding hydrogens is 238 g/mol. The highest BCUT2D eigenvalue weighted by Gasteiger charge is 2.19. The molecule has 0 radical (unpaired) electrons. The van der Waals surface area contributed by atoms with Crippen molar-refractivity contribution in [2.75, 3.05) is 33.7 Å². The maximum atomic E-state index is 12.0. The first-order chi connectivity index (χ1) is 8.42. The highest BCUT2D eigenvalue weighted by Crippen LogP contribution is 2.00. The number of nitrogens with one attached hydrogen (secondary N) is 1. The van der Waals surface area contributed by atoms with Gasteiger partial charge in [-0.25, -0.2) is 4.79 Å². The first-order valence-electron chi connectivity index (χ1n) is 5.84. The lowest BCUT2D eigenvalue weighted by molar-refractivity contribution is -0.137. The van der Waals surface area contributed by atoms with Crippen LogP contribution in [0.1, 0.15) is 19.8 Å². The zero-order chi connectivity index (χ0) is 14.1. The molecular formula is C11H21N3O4. The molecule has 0 aliphatic heterocycles. The number of urea groups is 1. The Hall–Kier alpha value is -1.79. The van der Waals surface area contributed by atoms with Crippen molar-refractivity contribution in [1.82, 2.24) is 15.1 Å². The SMILES string of the molecule is CCCN(CC(=O)NC)C(=O)N(C)CCC(=O)O. The Morgan fingerprint density at radius 2 is 1.83 bits per heavy atom. The summed E-state index contributed by atoms with van der Waals surface area (Å²) in [4.78, 5) is 36.4. The van der Waals surface area contributed by atoms with Gasteiger partial charge in [-0.3, -0.25) is 9.59 Å². The predicted molar refractivity (Wildman–Crippen MR) is 66.2 cm³/mol. The van der Waals surface area contributed by atoms with Gasteiger partial charge in [0.1, 0.15) is 6.54 Å². The molecule has 104 valence electrons. The van der Waals surface area contributed by atoms with Gasteiger partial charge < -0.3 is 20.2 Å². The van der Waals surface area contributed by atoms with Crippen molar-refractivity contribution < 1.29 is 19.5 Å². The van der Waals surface area contributed by atoms with Crippen molar-refractivity contribution in [2.24, 2.45) is 0 Å². The van der Waals surface area contributed by atoms with Gasteiger partial charge in [-0.1, -0.05) is 6.92 Å². The summed E-state index contributed by atoms with van der Waals surface area (Å²) in [5.74, 6) is -1.20.